The van der Waals surface area contributed by atoms with Crippen LogP contribution < -0.4 is 15.8 Å². The molecule has 0 bridgehead atoms. The monoisotopic (exact) mass is 323 g/mol. The Morgan fingerprint density at radius 2 is 2.05 bits per heavy atom. The van der Waals surface area contributed by atoms with E-state index >= 15 is 0 Å². The maximum atomic E-state index is 12.0. The van der Waals surface area contributed by atoms with Crippen LogP contribution in [0.5, 0.6) is 5.75 Å². The van der Waals surface area contributed by atoms with Crippen molar-refractivity contribution in [1.29, 1.82) is 0 Å². The van der Waals surface area contributed by atoms with Gasteiger partial charge in [0.1, 0.15) is 0 Å². The third-order valence-corrected chi connectivity index (χ3v) is 2.36. The zero-order chi connectivity index (χ0) is 13.5. The van der Waals surface area contributed by atoms with Gasteiger partial charge in [0.2, 0.25) is 0 Å². The molecule has 5 nitrogen and oxygen atoms in total. The van der Waals surface area contributed by atoms with E-state index in [0.717, 1.165) is 0 Å². The summed E-state index contributed by atoms with van der Waals surface area (Å²) in [6.07, 6.45) is 1.58. The molecule has 1 rings (SSSR count). The molecule has 1 atom stereocenters. The lowest BCUT2D eigenvalue weighted by Gasteiger charge is -2.14. The fourth-order valence-electron chi connectivity index (χ4n) is 1.34. The second-order valence-corrected chi connectivity index (χ2v) is 4.57. The summed E-state index contributed by atoms with van der Waals surface area (Å²) in [5, 5.41) is 2.80. The highest BCUT2D eigenvalue weighted by molar-refractivity contribution is 5.94. The molecule has 0 aromatic carbocycles. The highest BCUT2D eigenvalue weighted by Crippen LogP contribution is 2.16. The Kier molecular flexibility index (Phi) is 11.4. The van der Waals surface area contributed by atoms with Crippen molar-refractivity contribution >= 4 is 30.7 Å². The van der Waals surface area contributed by atoms with Gasteiger partial charge in [-0.3, -0.25) is 4.79 Å². The molecule has 0 aliphatic heterocycles. The van der Waals surface area contributed by atoms with E-state index in [-0.39, 0.29) is 42.7 Å². The third kappa shape index (κ3) is 6.93. The number of nitrogens with one attached hydrogen (secondary N) is 1. The second-order valence-electron chi connectivity index (χ2n) is 4.57. The van der Waals surface area contributed by atoms with Crippen LogP contribution in [0.4, 0.5) is 0 Å². The highest BCUT2D eigenvalue weighted by Gasteiger charge is 2.15. The number of nitrogens with zero attached hydrogens (tertiary/aromatic N) is 1. The number of hydrogen-bond acceptors (Lipinski definition) is 4. The molecule has 0 fully saturated rings. The van der Waals surface area contributed by atoms with Crippen molar-refractivity contribution in [3.8, 4) is 5.75 Å². The average molecular weight is 324 g/mol. The Morgan fingerprint density at radius 1 is 1.40 bits per heavy atom. The lowest BCUT2D eigenvalue weighted by atomic mass is 10.2. The highest BCUT2D eigenvalue weighted by atomic mass is 35.5. The van der Waals surface area contributed by atoms with Crippen LogP contribution in [0.2, 0.25) is 0 Å². The molecular weight excluding hydrogens is 301 g/mol. The standard InChI is InChI=1S/C13H21N3O2.2ClH/c1-9(2)18-11-5-4-6-15-12(11)13(17)16-8-10(3)7-14;;/h4-6,9-10H,7-8,14H2,1-3H3,(H,16,17);2*1H. The van der Waals surface area contributed by atoms with Gasteiger partial charge in [-0.05, 0) is 38.4 Å². The van der Waals surface area contributed by atoms with E-state index in [2.05, 4.69) is 10.3 Å². The van der Waals surface area contributed by atoms with Gasteiger partial charge in [-0.25, -0.2) is 4.98 Å². The molecule has 0 aliphatic rings. The number of pyridine rings is 1. The zero-order valence-corrected chi connectivity index (χ0v) is 13.6. The molecular formula is C13H23Cl2N3O2. The van der Waals surface area contributed by atoms with E-state index in [0.29, 0.717) is 24.5 Å². The van der Waals surface area contributed by atoms with Crippen LogP contribution in [-0.4, -0.2) is 30.1 Å². The summed E-state index contributed by atoms with van der Waals surface area (Å²) in [6.45, 7) is 6.87. The van der Waals surface area contributed by atoms with Crippen LogP contribution in [0.3, 0.4) is 0 Å². The minimum absolute atomic E-state index is 0. The van der Waals surface area contributed by atoms with E-state index < -0.39 is 0 Å². The number of amides is 1. The molecule has 0 saturated carbocycles. The summed E-state index contributed by atoms with van der Waals surface area (Å²) in [5.41, 5.74) is 5.82. The molecule has 0 radical (unpaired) electrons. The molecule has 1 unspecified atom stereocenters. The minimum atomic E-state index is -0.230. The molecule has 0 saturated heterocycles. The van der Waals surface area contributed by atoms with Crippen LogP contribution in [0.1, 0.15) is 31.3 Å². The van der Waals surface area contributed by atoms with Crippen LogP contribution in [-0.2, 0) is 0 Å². The number of hydrogen-bond donors (Lipinski definition) is 2. The van der Waals surface area contributed by atoms with Gasteiger partial charge in [0, 0.05) is 12.7 Å². The van der Waals surface area contributed by atoms with Crippen molar-refractivity contribution in [3.05, 3.63) is 24.0 Å². The van der Waals surface area contributed by atoms with Crippen LogP contribution in [0.25, 0.3) is 0 Å². The molecule has 0 aliphatic carbocycles. The number of aromatic nitrogens is 1. The Balaban J connectivity index is 0. The topological polar surface area (TPSA) is 77.2 Å². The van der Waals surface area contributed by atoms with Gasteiger partial charge in [-0.2, -0.15) is 0 Å². The maximum Gasteiger partial charge on any atom is 0.273 e. The fraction of sp³-hybridized carbons (Fsp3) is 0.538. The zero-order valence-electron chi connectivity index (χ0n) is 12.0. The predicted octanol–water partition coefficient (Wildman–Crippen LogP) is 2.04. The van der Waals surface area contributed by atoms with Gasteiger partial charge in [0.15, 0.2) is 11.4 Å². The summed E-state index contributed by atoms with van der Waals surface area (Å²) in [4.78, 5) is 16.0. The van der Waals surface area contributed by atoms with Gasteiger partial charge in [0.05, 0.1) is 6.10 Å². The van der Waals surface area contributed by atoms with Crippen molar-refractivity contribution < 1.29 is 9.53 Å². The third-order valence-electron chi connectivity index (χ3n) is 2.36. The van der Waals surface area contributed by atoms with Crippen LogP contribution >= 0.6 is 24.8 Å². The van der Waals surface area contributed by atoms with Gasteiger partial charge in [-0.1, -0.05) is 6.92 Å². The number of carbonyl (C=O) groups is 1. The molecule has 1 aromatic heterocycles. The second kappa shape index (κ2) is 10.7. The summed E-state index contributed by atoms with van der Waals surface area (Å²) >= 11 is 0. The Hall–Kier alpha value is -1.04. The Morgan fingerprint density at radius 3 is 2.60 bits per heavy atom. The summed E-state index contributed by atoms with van der Waals surface area (Å²) in [5.74, 6) is 0.518. The van der Waals surface area contributed by atoms with Gasteiger partial charge < -0.3 is 15.8 Å². The number of carbonyl (C=O) groups excluding carboxylic acids is 1. The van der Waals surface area contributed by atoms with E-state index in [1.54, 1.807) is 18.3 Å². The summed E-state index contributed by atoms with van der Waals surface area (Å²) in [6, 6.07) is 3.49. The Bertz CT molecular complexity index is 403. The molecule has 1 aromatic rings. The van der Waals surface area contributed by atoms with E-state index in [1.165, 1.54) is 0 Å². The molecule has 7 heteroatoms. The Labute approximate surface area is 132 Å². The largest absolute Gasteiger partial charge is 0.489 e. The van der Waals surface area contributed by atoms with E-state index in [4.69, 9.17) is 10.5 Å². The summed E-state index contributed by atoms with van der Waals surface area (Å²) < 4.78 is 5.55. The number of halogens is 2. The maximum absolute atomic E-state index is 12.0. The minimum Gasteiger partial charge on any atom is -0.489 e. The van der Waals surface area contributed by atoms with Gasteiger partial charge in [-0.15, -0.1) is 24.8 Å². The molecule has 3 N–H and O–H groups in total. The van der Waals surface area contributed by atoms with Crippen LogP contribution in [0, 0.1) is 5.92 Å². The molecule has 116 valence electrons. The molecule has 1 heterocycles. The van der Waals surface area contributed by atoms with Gasteiger partial charge in [0.25, 0.3) is 5.91 Å². The lowest BCUT2D eigenvalue weighted by molar-refractivity contribution is 0.0937. The van der Waals surface area contributed by atoms with E-state index in [1.807, 2.05) is 20.8 Å². The average Bonchev–Trinajstić information content (AvgIpc) is 2.35. The summed E-state index contributed by atoms with van der Waals surface area (Å²) in [7, 11) is 0. The first-order valence-electron chi connectivity index (χ1n) is 6.14. The van der Waals surface area contributed by atoms with Crippen molar-refractivity contribution in [3.63, 3.8) is 0 Å². The first-order valence-corrected chi connectivity index (χ1v) is 6.14. The van der Waals surface area contributed by atoms with Crippen molar-refractivity contribution in [2.45, 2.75) is 26.9 Å². The normalized spacial score (nSPS) is 11.1. The van der Waals surface area contributed by atoms with E-state index in [9.17, 15) is 4.79 Å². The number of ether oxygens (including phenoxy) is 1. The predicted molar refractivity (Wildman–Crippen MR) is 85.0 cm³/mol. The van der Waals surface area contributed by atoms with Crippen molar-refractivity contribution in [2.24, 2.45) is 11.7 Å². The fourth-order valence-corrected chi connectivity index (χ4v) is 1.34. The van der Waals surface area contributed by atoms with Gasteiger partial charge >= 0.3 is 0 Å². The molecule has 0 spiro atoms. The first kappa shape index (κ1) is 21.3. The molecule has 20 heavy (non-hydrogen) atoms. The SMILES string of the molecule is CC(CN)CNC(=O)c1ncccc1OC(C)C.Cl.Cl. The van der Waals surface area contributed by atoms with Crippen LogP contribution in [0.15, 0.2) is 18.3 Å². The quantitative estimate of drug-likeness (QED) is 0.839. The number of nitrogens with two attached hydrogens (primary N) is 1. The van der Waals surface area contributed by atoms with Crippen molar-refractivity contribution in [2.75, 3.05) is 13.1 Å². The number of rotatable bonds is 6. The first-order chi connectivity index (χ1) is 8.54. The molecule has 1 amide bonds. The van der Waals surface area contributed by atoms with Crippen molar-refractivity contribution in [1.82, 2.24) is 10.3 Å². The lowest BCUT2D eigenvalue weighted by Crippen LogP contribution is -2.32. The smallest absolute Gasteiger partial charge is 0.273 e.